The van der Waals surface area contributed by atoms with Gasteiger partial charge in [-0.3, -0.25) is 9.59 Å². The molecule has 1 aromatic rings. The van der Waals surface area contributed by atoms with E-state index in [0.29, 0.717) is 5.56 Å². The van der Waals surface area contributed by atoms with Crippen LogP contribution in [0.1, 0.15) is 43.6 Å². The second-order valence-corrected chi connectivity index (χ2v) is 6.01. The Balaban J connectivity index is 2.63. The van der Waals surface area contributed by atoms with Gasteiger partial charge in [0.2, 0.25) is 11.8 Å². The number of halogens is 1. The monoisotopic (exact) mass is 295 g/mol. The van der Waals surface area contributed by atoms with Gasteiger partial charge in [-0.25, -0.2) is 4.39 Å². The molecule has 2 amide bonds. The lowest BCUT2D eigenvalue weighted by atomic mass is 10.1. The van der Waals surface area contributed by atoms with E-state index in [-0.39, 0.29) is 23.6 Å². The molecule has 0 aromatic heterocycles. The zero-order valence-corrected chi connectivity index (χ0v) is 12.8. The number of primary amides is 1. The van der Waals surface area contributed by atoms with Crippen LogP contribution >= 0.6 is 0 Å². The van der Waals surface area contributed by atoms with Crippen molar-refractivity contribution in [2.24, 2.45) is 5.73 Å². The molecule has 5 nitrogen and oxygen atoms in total. The Labute approximate surface area is 124 Å². The number of benzene rings is 1. The summed E-state index contributed by atoms with van der Waals surface area (Å²) in [4.78, 5) is 22.8. The third-order valence-electron chi connectivity index (χ3n) is 2.83. The highest BCUT2D eigenvalue weighted by molar-refractivity contribution is 5.92. The van der Waals surface area contributed by atoms with Crippen molar-refractivity contribution in [3.05, 3.63) is 35.1 Å². The molecule has 0 saturated carbocycles. The molecule has 0 radical (unpaired) electrons. The highest BCUT2D eigenvalue weighted by atomic mass is 19.1. The van der Waals surface area contributed by atoms with Crippen LogP contribution in [0.2, 0.25) is 0 Å². The van der Waals surface area contributed by atoms with Gasteiger partial charge in [-0.15, -0.1) is 0 Å². The van der Waals surface area contributed by atoms with Gasteiger partial charge >= 0.3 is 0 Å². The minimum Gasteiger partial charge on any atom is -0.366 e. The summed E-state index contributed by atoms with van der Waals surface area (Å²) in [6.45, 7) is 7.56. The van der Waals surface area contributed by atoms with Crippen LogP contribution in [0.4, 0.5) is 4.39 Å². The predicted octanol–water partition coefficient (Wildman–Crippen LogP) is 1.32. The second kappa shape index (κ2) is 6.67. The maximum absolute atomic E-state index is 13.8. The van der Waals surface area contributed by atoms with E-state index in [1.165, 1.54) is 12.1 Å². The number of carbonyl (C=O) groups is 2. The van der Waals surface area contributed by atoms with Crippen molar-refractivity contribution in [2.75, 3.05) is 0 Å². The molecule has 1 rings (SSSR count). The van der Waals surface area contributed by atoms with Crippen LogP contribution in [-0.2, 0) is 11.3 Å². The normalized spacial score (nSPS) is 12.8. The van der Waals surface area contributed by atoms with Crippen molar-refractivity contribution in [3.63, 3.8) is 0 Å². The summed E-state index contributed by atoms with van der Waals surface area (Å²) in [6, 6.07) is 3.58. The van der Waals surface area contributed by atoms with Gasteiger partial charge in [0.05, 0.1) is 6.04 Å². The Hall–Kier alpha value is -1.95. The fraction of sp³-hybridized carbons (Fsp3) is 0.467. The van der Waals surface area contributed by atoms with Crippen molar-refractivity contribution >= 4 is 11.8 Å². The van der Waals surface area contributed by atoms with Crippen LogP contribution in [0, 0.1) is 5.82 Å². The molecule has 0 saturated heterocycles. The predicted molar refractivity (Wildman–Crippen MR) is 79.1 cm³/mol. The highest BCUT2D eigenvalue weighted by Crippen LogP contribution is 2.10. The number of nitrogens with two attached hydrogens (primary N) is 1. The summed E-state index contributed by atoms with van der Waals surface area (Å²) < 4.78 is 13.8. The highest BCUT2D eigenvalue weighted by Gasteiger charge is 2.19. The van der Waals surface area contributed by atoms with Gasteiger partial charge in [0, 0.05) is 23.2 Å². The lowest BCUT2D eigenvalue weighted by Gasteiger charge is -2.23. The fourth-order valence-electron chi connectivity index (χ4n) is 1.68. The molecule has 0 fully saturated rings. The molecule has 116 valence electrons. The van der Waals surface area contributed by atoms with Crippen molar-refractivity contribution in [3.8, 4) is 0 Å². The maximum atomic E-state index is 13.8. The van der Waals surface area contributed by atoms with E-state index >= 15 is 0 Å². The molecule has 4 N–H and O–H groups in total. The van der Waals surface area contributed by atoms with E-state index in [9.17, 15) is 14.0 Å². The van der Waals surface area contributed by atoms with Gasteiger partial charge in [-0.2, -0.15) is 0 Å². The quantitative estimate of drug-likeness (QED) is 0.766. The molecular formula is C15H22FN3O2. The molecule has 0 spiro atoms. The first-order valence-corrected chi connectivity index (χ1v) is 6.74. The number of hydrogen-bond acceptors (Lipinski definition) is 3. The smallest absolute Gasteiger partial charge is 0.248 e. The van der Waals surface area contributed by atoms with E-state index in [1.54, 1.807) is 6.92 Å². The van der Waals surface area contributed by atoms with Gasteiger partial charge in [-0.1, -0.05) is 6.07 Å². The third-order valence-corrected chi connectivity index (χ3v) is 2.83. The van der Waals surface area contributed by atoms with Crippen molar-refractivity contribution in [1.29, 1.82) is 0 Å². The molecule has 0 aliphatic rings. The van der Waals surface area contributed by atoms with Gasteiger partial charge in [0.15, 0.2) is 0 Å². The zero-order valence-electron chi connectivity index (χ0n) is 12.8. The Morgan fingerprint density at radius 1 is 1.33 bits per heavy atom. The van der Waals surface area contributed by atoms with Gasteiger partial charge in [0.1, 0.15) is 5.82 Å². The largest absolute Gasteiger partial charge is 0.366 e. The average molecular weight is 295 g/mol. The minimum atomic E-state index is -0.675. The zero-order chi connectivity index (χ0) is 16.2. The van der Waals surface area contributed by atoms with Crippen LogP contribution in [0.5, 0.6) is 0 Å². The lowest BCUT2D eigenvalue weighted by molar-refractivity contribution is -0.124. The van der Waals surface area contributed by atoms with Crippen LogP contribution in [0.25, 0.3) is 0 Å². The lowest BCUT2D eigenvalue weighted by Crippen LogP contribution is -2.49. The Bertz CT molecular complexity index is 538. The molecule has 0 aliphatic heterocycles. The van der Waals surface area contributed by atoms with Gasteiger partial charge in [0.25, 0.3) is 0 Å². The average Bonchev–Trinajstić information content (AvgIpc) is 2.34. The second-order valence-electron chi connectivity index (χ2n) is 6.01. The number of amides is 2. The van der Waals surface area contributed by atoms with Crippen LogP contribution < -0.4 is 16.4 Å². The first kappa shape index (κ1) is 17.1. The first-order chi connectivity index (χ1) is 9.60. The molecule has 1 unspecified atom stereocenters. The van der Waals surface area contributed by atoms with Gasteiger partial charge in [-0.05, 0) is 39.8 Å². The fourth-order valence-corrected chi connectivity index (χ4v) is 1.68. The molecule has 21 heavy (non-hydrogen) atoms. The van der Waals surface area contributed by atoms with E-state index in [1.807, 2.05) is 20.8 Å². The topological polar surface area (TPSA) is 84.2 Å². The number of hydrogen-bond donors (Lipinski definition) is 3. The summed E-state index contributed by atoms with van der Waals surface area (Å²) in [7, 11) is 0. The Morgan fingerprint density at radius 2 is 1.95 bits per heavy atom. The van der Waals surface area contributed by atoms with E-state index in [0.717, 1.165) is 6.07 Å². The van der Waals surface area contributed by atoms with Crippen molar-refractivity contribution in [1.82, 2.24) is 10.6 Å². The van der Waals surface area contributed by atoms with Gasteiger partial charge < -0.3 is 16.4 Å². The van der Waals surface area contributed by atoms with E-state index < -0.39 is 17.8 Å². The summed E-state index contributed by atoms with van der Waals surface area (Å²) >= 11 is 0. The minimum absolute atomic E-state index is 0.120. The SMILES string of the molecule is CC(NCc1ccc(C(N)=O)cc1F)C(=O)NC(C)(C)C. The summed E-state index contributed by atoms with van der Waals surface area (Å²) in [5.41, 5.74) is 5.25. The molecule has 1 atom stereocenters. The molecule has 0 aliphatic carbocycles. The molecule has 0 heterocycles. The Morgan fingerprint density at radius 3 is 2.43 bits per heavy atom. The maximum Gasteiger partial charge on any atom is 0.248 e. The summed E-state index contributed by atoms with van der Waals surface area (Å²) in [6.07, 6.45) is 0. The third kappa shape index (κ3) is 5.51. The number of nitrogens with one attached hydrogen (secondary N) is 2. The number of carbonyl (C=O) groups excluding carboxylic acids is 2. The Kier molecular flexibility index (Phi) is 5.43. The standard InChI is InChI=1S/C15H22FN3O2/c1-9(14(21)19-15(2,3)4)18-8-11-6-5-10(13(17)20)7-12(11)16/h5-7,9,18H,8H2,1-4H3,(H2,17,20)(H,19,21). The van der Waals surface area contributed by atoms with Crippen LogP contribution in [0.15, 0.2) is 18.2 Å². The van der Waals surface area contributed by atoms with Crippen molar-refractivity contribution in [2.45, 2.75) is 45.8 Å². The van der Waals surface area contributed by atoms with Crippen LogP contribution in [-0.4, -0.2) is 23.4 Å². The number of rotatable bonds is 5. The molecular weight excluding hydrogens is 273 g/mol. The molecule has 0 bridgehead atoms. The molecule has 1 aromatic carbocycles. The first-order valence-electron chi connectivity index (χ1n) is 6.74. The summed E-state index contributed by atoms with van der Waals surface area (Å²) in [5, 5.41) is 5.78. The summed E-state index contributed by atoms with van der Waals surface area (Å²) in [5.74, 6) is -1.36. The van der Waals surface area contributed by atoms with E-state index in [2.05, 4.69) is 10.6 Å². The van der Waals surface area contributed by atoms with E-state index in [4.69, 9.17) is 5.73 Å². The van der Waals surface area contributed by atoms with Crippen LogP contribution in [0.3, 0.4) is 0 Å². The molecule has 6 heteroatoms. The van der Waals surface area contributed by atoms with Crippen molar-refractivity contribution < 1.29 is 14.0 Å².